The number of nitrogens with one attached hydrogen (secondary N) is 2. The van der Waals surface area contributed by atoms with Gasteiger partial charge in [0, 0.05) is 66.3 Å². The van der Waals surface area contributed by atoms with E-state index >= 15 is 0 Å². The molecule has 4 aromatic rings. The zero-order valence-electron chi connectivity index (χ0n) is 21.2. The normalized spacial score (nSPS) is 21.2. The van der Waals surface area contributed by atoms with Gasteiger partial charge in [0.15, 0.2) is 0 Å². The molecule has 2 unspecified atom stereocenters. The Labute approximate surface area is 212 Å². The van der Waals surface area contributed by atoms with Crippen LogP contribution < -0.4 is 5.32 Å². The number of fused-ring (bicyclic) bond motifs is 1. The van der Waals surface area contributed by atoms with Gasteiger partial charge < -0.3 is 15.5 Å². The van der Waals surface area contributed by atoms with Gasteiger partial charge in [0.05, 0.1) is 5.69 Å². The third-order valence-electron chi connectivity index (χ3n) is 7.44. The van der Waals surface area contributed by atoms with E-state index in [4.69, 9.17) is 4.98 Å². The standard InChI is InChI=1S/C29H34N6O/c1-18-4-7-25-26(14-31-28(25)10-18)27-8-9-30-29(33-27)32-24-12-21(11-23(13-24)22-5-6-22)17-34-15-19(2)35(36)20(3)16-34/h4,7-14,19-20,22,31,36H,5-6,15-17H2,1-3H3,(H,30,32,33). The molecule has 0 spiro atoms. The largest absolute Gasteiger partial charge is 0.360 e. The van der Waals surface area contributed by atoms with Crippen molar-refractivity contribution >= 4 is 22.5 Å². The van der Waals surface area contributed by atoms with Gasteiger partial charge >= 0.3 is 0 Å². The van der Waals surface area contributed by atoms with Crippen LogP contribution in [0.2, 0.25) is 0 Å². The molecule has 0 bridgehead atoms. The molecule has 3 N–H and O–H groups in total. The topological polar surface area (TPSA) is 80.3 Å². The number of hydrogen-bond acceptors (Lipinski definition) is 6. The molecule has 0 radical (unpaired) electrons. The van der Waals surface area contributed by atoms with E-state index in [9.17, 15) is 5.21 Å². The first-order valence-electron chi connectivity index (χ1n) is 12.9. The number of hydroxylamine groups is 2. The van der Waals surface area contributed by atoms with Crippen LogP contribution in [0.25, 0.3) is 22.2 Å². The molecular formula is C29H34N6O. The van der Waals surface area contributed by atoms with Crippen LogP contribution in [0.1, 0.15) is 49.3 Å². The maximum atomic E-state index is 10.2. The van der Waals surface area contributed by atoms with E-state index < -0.39 is 0 Å². The summed E-state index contributed by atoms with van der Waals surface area (Å²) in [7, 11) is 0. The summed E-state index contributed by atoms with van der Waals surface area (Å²) in [4.78, 5) is 15.2. The van der Waals surface area contributed by atoms with Crippen LogP contribution in [0.4, 0.5) is 11.6 Å². The van der Waals surface area contributed by atoms with Crippen LogP contribution >= 0.6 is 0 Å². The van der Waals surface area contributed by atoms with Gasteiger partial charge in [-0.05, 0) is 80.5 Å². The molecule has 6 rings (SSSR count). The number of anilines is 2. The summed E-state index contributed by atoms with van der Waals surface area (Å²) in [6, 6.07) is 15.5. The lowest BCUT2D eigenvalue weighted by atomic mass is 10.0. The highest BCUT2D eigenvalue weighted by atomic mass is 16.5. The molecule has 36 heavy (non-hydrogen) atoms. The first-order valence-corrected chi connectivity index (χ1v) is 12.9. The highest BCUT2D eigenvalue weighted by Crippen LogP contribution is 2.41. The minimum atomic E-state index is 0.127. The Morgan fingerprint density at radius 1 is 1.06 bits per heavy atom. The molecule has 186 valence electrons. The molecule has 1 saturated carbocycles. The van der Waals surface area contributed by atoms with E-state index in [2.05, 4.69) is 77.4 Å². The summed E-state index contributed by atoms with van der Waals surface area (Å²) in [5.41, 5.74) is 8.03. The zero-order valence-corrected chi connectivity index (χ0v) is 21.2. The van der Waals surface area contributed by atoms with Gasteiger partial charge in [-0.15, -0.1) is 0 Å². The predicted octanol–water partition coefficient (Wildman–Crippen LogP) is 5.84. The summed E-state index contributed by atoms with van der Waals surface area (Å²) in [5, 5.41) is 16.3. The maximum absolute atomic E-state index is 10.2. The van der Waals surface area contributed by atoms with E-state index in [-0.39, 0.29) is 12.1 Å². The van der Waals surface area contributed by atoms with Crippen LogP contribution in [-0.4, -0.2) is 55.3 Å². The molecule has 7 heteroatoms. The number of nitrogens with zero attached hydrogens (tertiary/aromatic N) is 4. The summed E-state index contributed by atoms with van der Waals surface area (Å²) < 4.78 is 0. The van der Waals surface area contributed by atoms with Crippen LogP contribution in [0.3, 0.4) is 0 Å². The van der Waals surface area contributed by atoms with Crippen molar-refractivity contribution in [2.24, 2.45) is 0 Å². The molecule has 0 amide bonds. The third-order valence-corrected chi connectivity index (χ3v) is 7.44. The van der Waals surface area contributed by atoms with E-state index in [0.717, 1.165) is 47.5 Å². The highest BCUT2D eigenvalue weighted by Gasteiger charge is 2.29. The van der Waals surface area contributed by atoms with Crippen molar-refractivity contribution < 1.29 is 5.21 Å². The Bertz CT molecular complexity index is 1380. The number of H-pyrrole nitrogens is 1. The summed E-state index contributed by atoms with van der Waals surface area (Å²) in [6.07, 6.45) is 6.36. The molecule has 7 nitrogen and oxygen atoms in total. The van der Waals surface area contributed by atoms with Crippen LogP contribution in [0.5, 0.6) is 0 Å². The Kier molecular flexibility index (Phi) is 5.99. The highest BCUT2D eigenvalue weighted by molar-refractivity contribution is 5.95. The van der Waals surface area contributed by atoms with Crippen LogP contribution in [-0.2, 0) is 6.54 Å². The maximum Gasteiger partial charge on any atom is 0.227 e. The van der Waals surface area contributed by atoms with Crippen LogP contribution in [0.15, 0.2) is 54.9 Å². The number of aromatic nitrogens is 3. The van der Waals surface area contributed by atoms with Crippen molar-refractivity contribution in [3.8, 4) is 11.3 Å². The fraction of sp³-hybridized carbons (Fsp3) is 0.379. The van der Waals surface area contributed by atoms with E-state index in [1.165, 1.54) is 34.6 Å². The molecule has 1 aliphatic heterocycles. The minimum Gasteiger partial charge on any atom is -0.360 e. The lowest BCUT2D eigenvalue weighted by molar-refractivity contribution is -0.181. The van der Waals surface area contributed by atoms with Gasteiger partial charge in [0.2, 0.25) is 5.95 Å². The number of rotatable bonds is 6. The average molecular weight is 483 g/mol. The van der Waals surface area contributed by atoms with Gasteiger partial charge in [0.1, 0.15) is 0 Å². The van der Waals surface area contributed by atoms with Gasteiger partial charge in [-0.25, -0.2) is 9.97 Å². The van der Waals surface area contributed by atoms with E-state index in [1.807, 2.05) is 18.5 Å². The quantitative estimate of drug-likeness (QED) is 0.320. The zero-order chi connectivity index (χ0) is 24.8. The first kappa shape index (κ1) is 23.2. The van der Waals surface area contributed by atoms with Gasteiger partial charge in [0.25, 0.3) is 0 Å². The number of hydrogen-bond donors (Lipinski definition) is 3. The molecule has 3 heterocycles. The molecular weight excluding hydrogens is 448 g/mol. The molecule has 2 aromatic carbocycles. The average Bonchev–Trinajstić information content (AvgIpc) is 3.62. The van der Waals surface area contributed by atoms with E-state index in [1.54, 1.807) is 0 Å². The molecule has 2 atom stereocenters. The van der Waals surface area contributed by atoms with E-state index in [0.29, 0.717) is 11.9 Å². The smallest absolute Gasteiger partial charge is 0.227 e. The lowest BCUT2D eigenvalue weighted by Crippen LogP contribution is -2.54. The fourth-order valence-corrected chi connectivity index (χ4v) is 5.50. The summed E-state index contributed by atoms with van der Waals surface area (Å²) >= 11 is 0. The van der Waals surface area contributed by atoms with Gasteiger partial charge in [-0.2, -0.15) is 5.06 Å². The second-order valence-corrected chi connectivity index (χ2v) is 10.7. The number of aromatic amines is 1. The monoisotopic (exact) mass is 482 g/mol. The Balaban J connectivity index is 1.26. The summed E-state index contributed by atoms with van der Waals surface area (Å²) in [6.45, 7) is 8.84. The molecule has 1 saturated heterocycles. The number of piperazine rings is 1. The third kappa shape index (κ3) is 4.74. The Hall–Kier alpha value is -3.26. The van der Waals surface area contributed by atoms with Crippen LogP contribution in [0, 0.1) is 6.92 Å². The Morgan fingerprint density at radius 3 is 2.64 bits per heavy atom. The molecule has 1 aliphatic carbocycles. The van der Waals surface area contributed by atoms with Gasteiger partial charge in [-0.1, -0.05) is 18.2 Å². The SMILES string of the molecule is Cc1ccc2c(-c3ccnc(Nc4cc(CN5CC(C)N(O)C(C)C5)cc(C5CC5)c4)n3)c[nH]c2c1. The van der Waals surface area contributed by atoms with Crippen molar-refractivity contribution in [2.45, 2.75) is 58.2 Å². The fourth-order valence-electron chi connectivity index (χ4n) is 5.50. The lowest BCUT2D eigenvalue weighted by Gasteiger charge is -2.40. The number of aryl methyl sites for hydroxylation is 1. The Morgan fingerprint density at radius 2 is 1.86 bits per heavy atom. The summed E-state index contributed by atoms with van der Waals surface area (Å²) in [5.74, 6) is 1.25. The second-order valence-electron chi connectivity index (χ2n) is 10.7. The van der Waals surface area contributed by atoms with Crippen molar-refractivity contribution in [3.05, 3.63) is 71.5 Å². The predicted molar refractivity (Wildman–Crippen MR) is 144 cm³/mol. The van der Waals surface area contributed by atoms with Crippen molar-refractivity contribution in [2.75, 3.05) is 18.4 Å². The minimum absolute atomic E-state index is 0.127. The molecule has 2 aliphatic rings. The van der Waals surface area contributed by atoms with Gasteiger partial charge in [-0.3, -0.25) is 4.90 Å². The van der Waals surface area contributed by atoms with Crippen molar-refractivity contribution in [3.63, 3.8) is 0 Å². The first-order chi connectivity index (χ1) is 17.4. The number of benzene rings is 2. The van der Waals surface area contributed by atoms with Crippen molar-refractivity contribution in [1.29, 1.82) is 0 Å². The molecule has 2 fully saturated rings. The second kappa shape index (κ2) is 9.32. The van der Waals surface area contributed by atoms with Crippen molar-refractivity contribution in [1.82, 2.24) is 24.9 Å². The molecule has 2 aromatic heterocycles.